The predicted octanol–water partition coefficient (Wildman–Crippen LogP) is 1.68. The molecule has 1 amide bonds. The fourth-order valence-electron chi connectivity index (χ4n) is 2.18. The Hall–Kier alpha value is -0.570. The summed E-state index contributed by atoms with van der Waals surface area (Å²) in [6, 6.07) is 0.928. The molecule has 0 heterocycles. The van der Waals surface area contributed by atoms with E-state index in [-0.39, 0.29) is 5.91 Å². The van der Waals surface area contributed by atoms with E-state index in [2.05, 4.69) is 24.5 Å². The summed E-state index contributed by atoms with van der Waals surface area (Å²) < 4.78 is 0. The Morgan fingerprint density at radius 1 is 1.25 bits per heavy atom. The van der Waals surface area contributed by atoms with Crippen molar-refractivity contribution in [3.8, 4) is 0 Å². The minimum atomic E-state index is 0.184. The second-order valence-corrected chi connectivity index (χ2v) is 5.46. The molecule has 2 rings (SSSR count). The lowest BCUT2D eigenvalue weighted by molar-refractivity contribution is -0.121. The highest BCUT2D eigenvalue weighted by molar-refractivity contribution is 5.78. The van der Waals surface area contributed by atoms with Gasteiger partial charge in [0.1, 0.15) is 0 Å². The van der Waals surface area contributed by atoms with Gasteiger partial charge in [-0.1, -0.05) is 6.92 Å². The molecule has 0 saturated heterocycles. The molecule has 0 aliphatic heterocycles. The molecule has 0 spiro atoms. The van der Waals surface area contributed by atoms with E-state index in [9.17, 15) is 4.79 Å². The highest BCUT2D eigenvalue weighted by atomic mass is 16.2. The molecule has 0 aromatic heterocycles. The molecule has 0 bridgehead atoms. The van der Waals surface area contributed by atoms with Crippen LogP contribution in [0.2, 0.25) is 0 Å². The monoisotopic (exact) mass is 224 g/mol. The zero-order valence-electron chi connectivity index (χ0n) is 10.5. The third-order valence-corrected chi connectivity index (χ3v) is 3.81. The van der Waals surface area contributed by atoms with Gasteiger partial charge in [-0.3, -0.25) is 4.79 Å². The van der Waals surface area contributed by atoms with Gasteiger partial charge in [-0.2, -0.15) is 0 Å². The molecule has 3 heteroatoms. The molecule has 16 heavy (non-hydrogen) atoms. The third-order valence-electron chi connectivity index (χ3n) is 3.81. The Morgan fingerprint density at radius 3 is 2.25 bits per heavy atom. The molecule has 2 N–H and O–H groups in total. The maximum Gasteiger partial charge on any atom is 0.234 e. The van der Waals surface area contributed by atoms with E-state index in [1.165, 1.54) is 25.7 Å². The van der Waals surface area contributed by atoms with Crippen LogP contribution in [0.1, 0.15) is 46.0 Å². The average Bonchev–Trinajstić information content (AvgIpc) is 3.15. The molecular weight excluding hydrogens is 200 g/mol. The van der Waals surface area contributed by atoms with Crippen molar-refractivity contribution in [2.45, 2.75) is 58.0 Å². The van der Waals surface area contributed by atoms with Crippen LogP contribution in [0.3, 0.4) is 0 Å². The predicted molar refractivity (Wildman–Crippen MR) is 65.1 cm³/mol. The first-order valence-corrected chi connectivity index (χ1v) is 6.73. The van der Waals surface area contributed by atoms with E-state index in [1.54, 1.807) is 0 Å². The lowest BCUT2D eigenvalue weighted by atomic mass is 10.1. The van der Waals surface area contributed by atoms with Crippen molar-refractivity contribution < 1.29 is 4.79 Å². The standard InChI is InChI=1S/C13H24N2O/c1-3-9(2)14-8-12(16)15-13(10-4-5-10)11-6-7-11/h9-11,13-14H,3-8H2,1-2H3,(H,15,16). The molecular formula is C13H24N2O. The Balaban J connectivity index is 1.68. The molecule has 0 radical (unpaired) electrons. The first kappa shape index (κ1) is 11.9. The quantitative estimate of drug-likeness (QED) is 0.691. The largest absolute Gasteiger partial charge is 0.352 e. The van der Waals surface area contributed by atoms with Gasteiger partial charge in [-0.05, 0) is 50.9 Å². The van der Waals surface area contributed by atoms with Crippen molar-refractivity contribution >= 4 is 5.91 Å². The van der Waals surface area contributed by atoms with Crippen LogP contribution in [0.25, 0.3) is 0 Å². The van der Waals surface area contributed by atoms with Crippen molar-refractivity contribution in [1.29, 1.82) is 0 Å². The molecule has 1 atom stereocenters. The Morgan fingerprint density at radius 2 is 1.81 bits per heavy atom. The van der Waals surface area contributed by atoms with Gasteiger partial charge in [0.25, 0.3) is 0 Å². The van der Waals surface area contributed by atoms with E-state index in [0.29, 0.717) is 18.6 Å². The first-order valence-electron chi connectivity index (χ1n) is 6.73. The normalized spacial score (nSPS) is 22.2. The number of amides is 1. The number of hydrogen-bond acceptors (Lipinski definition) is 2. The van der Waals surface area contributed by atoms with E-state index in [0.717, 1.165) is 18.3 Å². The van der Waals surface area contributed by atoms with E-state index < -0.39 is 0 Å². The summed E-state index contributed by atoms with van der Waals surface area (Å²) in [6.07, 6.45) is 6.35. The van der Waals surface area contributed by atoms with Crippen LogP contribution in [0.4, 0.5) is 0 Å². The van der Waals surface area contributed by atoms with Crippen LogP contribution in [-0.2, 0) is 4.79 Å². The van der Waals surface area contributed by atoms with E-state index >= 15 is 0 Å². The summed E-state index contributed by atoms with van der Waals surface area (Å²) in [5.74, 6) is 1.77. The maximum absolute atomic E-state index is 11.8. The smallest absolute Gasteiger partial charge is 0.234 e. The summed E-state index contributed by atoms with van der Waals surface area (Å²) in [4.78, 5) is 11.8. The van der Waals surface area contributed by atoms with Crippen LogP contribution in [-0.4, -0.2) is 24.5 Å². The summed E-state index contributed by atoms with van der Waals surface area (Å²) in [6.45, 7) is 4.73. The molecule has 1 unspecified atom stereocenters. The zero-order chi connectivity index (χ0) is 11.5. The number of nitrogens with one attached hydrogen (secondary N) is 2. The highest BCUT2D eigenvalue weighted by Gasteiger charge is 2.42. The molecule has 0 aromatic carbocycles. The van der Waals surface area contributed by atoms with Gasteiger partial charge >= 0.3 is 0 Å². The molecule has 0 aromatic rings. The van der Waals surface area contributed by atoms with Crippen LogP contribution < -0.4 is 10.6 Å². The fraction of sp³-hybridized carbons (Fsp3) is 0.923. The van der Waals surface area contributed by atoms with E-state index in [4.69, 9.17) is 0 Å². The maximum atomic E-state index is 11.8. The van der Waals surface area contributed by atoms with Crippen LogP contribution >= 0.6 is 0 Å². The minimum Gasteiger partial charge on any atom is -0.352 e. The number of carbonyl (C=O) groups is 1. The van der Waals surface area contributed by atoms with Crippen LogP contribution in [0.5, 0.6) is 0 Å². The molecule has 92 valence electrons. The average molecular weight is 224 g/mol. The number of hydrogen-bond donors (Lipinski definition) is 2. The van der Waals surface area contributed by atoms with Crippen molar-refractivity contribution in [3.05, 3.63) is 0 Å². The Bertz CT molecular complexity index is 234. The summed E-state index contributed by atoms with van der Waals surface area (Å²) >= 11 is 0. The second-order valence-electron chi connectivity index (χ2n) is 5.46. The van der Waals surface area contributed by atoms with Crippen molar-refractivity contribution in [3.63, 3.8) is 0 Å². The number of rotatable bonds is 7. The van der Waals surface area contributed by atoms with Gasteiger partial charge in [0.15, 0.2) is 0 Å². The van der Waals surface area contributed by atoms with Gasteiger partial charge in [0.05, 0.1) is 6.54 Å². The van der Waals surface area contributed by atoms with Crippen molar-refractivity contribution in [1.82, 2.24) is 10.6 Å². The summed E-state index contributed by atoms with van der Waals surface area (Å²) in [7, 11) is 0. The van der Waals surface area contributed by atoms with Gasteiger partial charge in [-0.15, -0.1) is 0 Å². The summed E-state index contributed by atoms with van der Waals surface area (Å²) in [5, 5.41) is 6.46. The minimum absolute atomic E-state index is 0.184. The number of carbonyl (C=O) groups excluding carboxylic acids is 1. The van der Waals surface area contributed by atoms with Crippen molar-refractivity contribution in [2.24, 2.45) is 11.8 Å². The second kappa shape index (κ2) is 5.17. The molecule has 2 aliphatic rings. The lowest BCUT2D eigenvalue weighted by Crippen LogP contribution is -2.44. The SMILES string of the molecule is CCC(C)NCC(=O)NC(C1CC1)C1CC1. The van der Waals surface area contributed by atoms with Crippen LogP contribution in [0, 0.1) is 11.8 Å². The van der Waals surface area contributed by atoms with E-state index in [1.807, 2.05) is 0 Å². The van der Waals surface area contributed by atoms with Gasteiger partial charge in [0.2, 0.25) is 5.91 Å². The highest BCUT2D eigenvalue weighted by Crippen LogP contribution is 2.44. The van der Waals surface area contributed by atoms with Crippen LogP contribution in [0.15, 0.2) is 0 Å². The molecule has 2 saturated carbocycles. The van der Waals surface area contributed by atoms with Gasteiger partial charge in [0, 0.05) is 12.1 Å². The van der Waals surface area contributed by atoms with Crippen molar-refractivity contribution in [2.75, 3.05) is 6.54 Å². The summed E-state index contributed by atoms with van der Waals surface area (Å²) in [5.41, 5.74) is 0. The molecule has 3 nitrogen and oxygen atoms in total. The van der Waals surface area contributed by atoms with Gasteiger partial charge < -0.3 is 10.6 Å². The Kier molecular flexibility index (Phi) is 3.85. The third kappa shape index (κ3) is 3.48. The fourth-order valence-corrected chi connectivity index (χ4v) is 2.18. The van der Waals surface area contributed by atoms with Gasteiger partial charge in [-0.25, -0.2) is 0 Å². The zero-order valence-corrected chi connectivity index (χ0v) is 10.5. The molecule has 2 fully saturated rings. The Labute approximate surface area is 98.4 Å². The first-order chi connectivity index (χ1) is 7.70. The molecule has 2 aliphatic carbocycles. The lowest BCUT2D eigenvalue weighted by Gasteiger charge is -2.18. The topological polar surface area (TPSA) is 41.1 Å².